The third-order valence-electron chi connectivity index (χ3n) is 3.79. The number of hydrogen-bond donors (Lipinski definition) is 2. The van der Waals surface area contributed by atoms with Gasteiger partial charge in [-0.3, -0.25) is 19.7 Å². The summed E-state index contributed by atoms with van der Waals surface area (Å²) in [6, 6.07) is 11.3. The van der Waals surface area contributed by atoms with Crippen molar-refractivity contribution in [2.45, 2.75) is 19.9 Å². The van der Waals surface area contributed by atoms with Crippen molar-refractivity contribution in [2.24, 2.45) is 0 Å². The van der Waals surface area contributed by atoms with Gasteiger partial charge >= 0.3 is 0 Å². The number of benzene rings is 2. The summed E-state index contributed by atoms with van der Waals surface area (Å²) in [7, 11) is 1.58. The van der Waals surface area contributed by atoms with Crippen LogP contribution in [-0.2, 0) is 4.79 Å². The number of likely N-dealkylation sites (N-methyl/N-ethyl adjacent to an activating group) is 1. The van der Waals surface area contributed by atoms with Gasteiger partial charge in [0, 0.05) is 29.2 Å². The van der Waals surface area contributed by atoms with Crippen LogP contribution in [0.4, 0.5) is 17.1 Å². The van der Waals surface area contributed by atoms with Crippen LogP contribution in [0.2, 0.25) is 0 Å². The van der Waals surface area contributed by atoms with Gasteiger partial charge in [0.2, 0.25) is 5.91 Å². The maximum absolute atomic E-state index is 12.3. The first-order valence-electron chi connectivity index (χ1n) is 8.54. The van der Waals surface area contributed by atoms with E-state index in [4.69, 9.17) is 0 Å². The van der Waals surface area contributed by atoms with Crippen molar-refractivity contribution in [1.29, 1.82) is 0 Å². The Hall–Kier alpha value is -2.94. The molecule has 0 aromatic heterocycles. The summed E-state index contributed by atoms with van der Waals surface area (Å²) in [5.41, 5.74) is 0.798. The SMILES string of the molecule is CC(C)NC(=O)c1ccc(N(C)CC(=O)Nc2ccccc2Br)c([N+](=O)[O-])c1. The monoisotopic (exact) mass is 448 g/mol. The van der Waals surface area contributed by atoms with Crippen LogP contribution < -0.4 is 15.5 Å². The first kappa shape index (κ1) is 21.4. The highest BCUT2D eigenvalue weighted by Gasteiger charge is 2.22. The number of para-hydroxylation sites is 1. The van der Waals surface area contributed by atoms with Gasteiger partial charge in [0.05, 0.1) is 17.2 Å². The molecule has 28 heavy (non-hydrogen) atoms. The van der Waals surface area contributed by atoms with Crippen LogP contribution in [0.15, 0.2) is 46.9 Å². The molecule has 148 valence electrons. The minimum atomic E-state index is -0.566. The number of nitrogens with zero attached hydrogens (tertiary/aromatic N) is 2. The zero-order chi connectivity index (χ0) is 20.8. The maximum atomic E-state index is 12.3. The third kappa shape index (κ3) is 5.53. The number of carbonyl (C=O) groups is 2. The van der Waals surface area contributed by atoms with Gasteiger partial charge in [0.15, 0.2) is 0 Å². The normalized spacial score (nSPS) is 10.5. The van der Waals surface area contributed by atoms with Gasteiger partial charge in [0.1, 0.15) is 5.69 Å². The number of nitro benzene ring substituents is 1. The Labute approximate surface area is 171 Å². The molecule has 0 atom stereocenters. The molecule has 9 heteroatoms. The van der Waals surface area contributed by atoms with Crippen molar-refractivity contribution in [3.8, 4) is 0 Å². The Bertz CT molecular complexity index is 901. The van der Waals surface area contributed by atoms with E-state index < -0.39 is 4.92 Å². The predicted octanol–water partition coefficient (Wildman–Crippen LogP) is 3.57. The van der Waals surface area contributed by atoms with E-state index >= 15 is 0 Å². The second kappa shape index (κ2) is 9.32. The third-order valence-corrected chi connectivity index (χ3v) is 4.49. The lowest BCUT2D eigenvalue weighted by atomic mass is 10.1. The quantitative estimate of drug-likeness (QED) is 0.497. The highest BCUT2D eigenvalue weighted by atomic mass is 79.9. The molecule has 2 N–H and O–H groups in total. The molecule has 0 aliphatic heterocycles. The van der Waals surface area contributed by atoms with Crippen molar-refractivity contribution in [2.75, 3.05) is 23.8 Å². The topological polar surface area (TPSA) is 105 Å². The molecule has 8 nitrogen and oxygen atoms in total. The van der Waals surface area contributed by atoms with E-state index in [0.29, 0.717) is 5.69 Å². The van der Waals surface area contributed by atoms with Gasteiger partial charge in [-0.2, -0.15) is 0 Å². The Morgan fingerprint density at radius 2 is 1.89 bits per heavy atom. The molecule has 2 aromatic carbocycles. The van der Waals surface area contributed by atoms with Gasteiger partial charge in [-0.25, -0.2) is 0 Å². The summed E-state index contributed by atoms with van der Waals surface area (Å²) >= 11 is 3.35. The van der Waals surface area contributed by atoms with E-state index in [0.717, 1.165) is 4.47 Å². The summed E-state index contributed by atoms with van der Waals surface area (Å²) < 4.78 is 0.734. The molecular formula is C19H21BrN4O4. The molecule has 0 bridgehead atoms. The number of nitrogens with one attached hydrogen (secondary N) is 2. The number of nitro groups is 1. The first-order valence-corrected chi connectivity index (χ1v) is 9.33. The lowest BCUT2D eigenvalue weighted by Crippen LogP contribution is -2.31. The van der Waals surface area contributed by atoms with Crippen LogP contribution in [-0.4, -0.2) is 36.4 Å². The molecule has 0 aliphatic carbocycles. The standard InChI is InChI=1S/C19H21BrN4O4/c1-12(2)21-19(26)13-8-9-16(17(10-13)24(27)28)23(3)11-18(25)22-15-7-5-4-6-14(15)20/h4-10,12H,11H2,1-3H3,(H,21,26)(H,22,25). The van der Waals surface area contributed by atoms with Gasteiger partial charge < -0.3 is 15.5 Å². The molecule has 2 rings (SSSR count). The molecule has 0 saturated heterocycles. The van der Waals surface area contributed by atoms with Gasteiger partial charge in [-0.15, -0.1) is 0 Å². The van der Waals surface area contributed by atoms with Crippen LogP contribution >= 0.6 is 15.9 Å². The van der Waals surface area contributed by atoms with Gasteiger partial charge in [0.25, 0.3) is 11.6 Å². The molecule has 0 aliphatic rings. The van der Waals surface area contributed by atoms with Crippen LogP contribution in [0, 0.1) is 10.1 Å². The van der Waals surface area contributed by atoms with E-state index in [-0.39, 0.29) is 41.3 Å². The number of carbonyl (C=O) groups excluding carboxylic acids is 2. The zero-order valence-electron chi connectivity index (χ0n) is 15.7. The largest absolute Gasteiger partial charge is 0.360 e. The molecule has 0 saturated carbocycles. The highest BCUT2D eigenvalue weighted by Crippen LogP contribution is 2.29. The Morgan fingerprint density at radius 1 is 1.21 bits per heavy atom. The summed E-state index contributed by atoms with van der Waals surface area (Å²) in [6.45, 7) is 3.51. The molecular weight excluding hydrogens is 428 g/mol. The minimum Gasteiger partial charge on any atom is -0.360 e. The van der Waals surface area contributed by atoms with E-state index in [9.17, 15) is 19.7 Å². The van der Waals surface area contributed by atoms with Crippen molar-refractivity contribution < 1.29 is 14.5 Å². The Morgan fingerprint density at radius 3 is 2.50 bits per heavy atom. The lowest BCUT2D eigenvalue weighted by Gasteiger charge is -2.19. The van der Waals surface area contributed by atoms with E-state index in [1.54, 1.807) is 39.1 Å². The summed E-state index contributed by atoms with van der Waals surface area (Å²) in [5, 5.41) is 16.9. The second-order valence-electron chi connectivity index (χ2n) is 6.47. The van der Waals surface area contributed by atoms with Crippen LogP contribution in [0.25, 0.3) is 0 Å². The maximum Gasteiger partial charge on any atom is 0.293 e. The Balaban J connectivity index is 2.18. The molecule has 0 unspecified atom stereocenters. The van der Waals surface area contributed by atoms with E-state index in [1.807, 2.05) is 6.07 Å². The van der Waals surface area contributed by atoms with Gasteiger partial charge in [-0.1, -0.05) is 12.1 Å². The Kier molecular flexibility index (Phi) is 7.11. The summed E-state index contributed by atoms with van der Waals surface area (Å²) in [5.74, 6) is -0.718. The number of hydrogen-bond acceptors (Lipinski definition) is 5. The van der Waals surface area contributed by atoms with Crippen LogP contribution in [0.3, 0.4) is 0 Å². The molecule has 2 amide bonds. The molecule has 2 aromatic rings. The summed E-state index contributed by atoms with van der Waals surface area (Å²) in [6.07, 6.45) is 0. The molecule has 0 radical (unpaired) electrons. The number of amides is 2. The van der Waals surface area contributed by atoms with Crippen molar-refractivity contribution >= 4 is 44.8 Å². The zero-order valence-corrected chi connectivity index (χ0v) is 17.3. The van der Waals surface area contributed by atoms with Crippen molar-refractivity contribution in [3.63, 3.8) is 0 Å². The lowest BCUT2D eigenvalue weighted by molar-refractivity contribution is -0.384. The fourth-order valence-electron chi connectivity index (χ4n) is 2.53. The predicted molar refractivity (Wildman–Crippen MR) is 112 cm³/mol. The average Bonchev–Trinajstić information content (AvgIpc) is 2.62. The van der Waals surface area contributed by atoms with Crippen LogP contribution in [0.5, 0.6) is 0 Å². The summed E-state index contributed by atoms with van der Waals surface area (Å²) in [4.78, 5) is 36.8. The second-order valence-corrected chi connectivity index (χ2v) is 7.33. The molecule has 0 heterocycles. The van der Waals surface area contributed by atoms with E-state index in [1.165, 1.54) is 23.1 Å². The van der Waals surface area contributed by atoms with E-state index in [2.05, 4.69) is 26.6 Å². The fourth-order valence-corrected chi connectivity index (χ4v) is 2.92. The van der Waals surface area contributed by atoms with Crippen molar-refractivity contribution in [3.05, 3.63) is 62.6 Å². The smallest absolute Gasteiger partial charge is 0.293 e. The molecule has 0 fully saturated rings. The minimum absolute atomic E-state index is 0.0880. The first-order chi connectivity index (χ1) is 13.2. The number of anilines is 2. The number of rotatable bonds is 7. The fraction of sp³-hybridized carbons (Fsp3) is 0.263. The highest BCUT2D eigenvalue weighted by molar-refractivity contribution is 9.10. The van der Waals surface area contributed by atoms with Crippen LogP contribution in [0.1, 0.15) is 24.2 Å². The number of halogens is 1. The van der Waals surface area contributed by atoms with Gasteiger partial charge in [-0.05, 0) is 54.0 Å². The van der Waals surface area contributed by atoms with Crippen molar-refractivity contribution in [1.82, 2.24) is 5.32 Å². The molecule has 0 spiro atoms. The average molecular weight is 449 g/mol.